The number of ether oxygens (including phenoxy) is 3. The van der Waals surface area contributed by atoms with E-state index in [4.69, 9.17) is 43.8 Å². The zero-order chi connectivity index (χ0) is 24.8. The lowest BCUT2D eigenvalue weighted by Crippen LogP contribution is -2.43. The number of hydrogen-bond donors (Lipinski definition) is 2. The van der Waals surface area contributed by atoms with Crippen molar-refractivity contribution < 1.29 is 19.0 Å². The molecule has 0 radical (unpaired) electrons. The molecule has 186 valence electrons. The van der Waals surface area contributed by atoms with Gasteiger partial charge in [0.1, 0.15) is 23.4 Å². The predicted molar refractivity (Wildman–Crippen MR) is 139 cm³/mol. The predicted octanol–water partition coefficient (Wildman–Crippen LogP) is 3.16. The van der Waals surface area contributed by atoms with Gasteiger partial charge in [0.25, 0.3) is 5.91 Å². The Morgan fingerprint density at radius 1 is 1.37 bits per heavy atom. The van der Waals surface area contributed by atoms with E-state index in [1.165, 1.54) is 0 Å². The Morgan fingerprint density at radius 2 is 2.23 bits per heavy atom. The van der Waals surface area contributed by atoms with E-state index in [1.807, 2.05) is 31.2 Å². The van der Waals surface area contributed by atoms with Crippen molar-refractivity contribution in [3.8, 4) is 5.75 Å². The highest BCUT2D eigenvalue weighted by molar-refractivity contribution is 7.80. The molecule has 2 aliphatic heterocycles. The Bertz CT molecular complexity index is 1120. The second-order valence-corrected chi connectivity index (χ2v) is 9.08. The number of carbonyl (C=O) groups excluding carboxylic acids is 1. The van der Waals surface area contributed by atoms with Crippen LogP contribution in [0, 0.1) is 0 Å². The van der Waals surface area contributed by atoms with Gasteiger partial charge in [-0.15, -0.1) is 0 Å². The third kappa shape index (κ3) is 5.92. The first-order valence-electron chi connectivity index (χ1n) is 11.6. The summed E-state index contributed by atoms with van der Waals surface area (Å²) in [4.78, 5) is 19.4. The summed E-state index contributed by atoms with van der Waals surface area (Å²) in [6.45, 7) is 4.95. The number of nitrogens with zero attached hydrogens (tertiary/aromatic N) is 2. The maximum atomic E-state index is 13.5. The summed E-state index contributed by atoms with van der Waals surface area (Å²) in [5.74, 6) is 0.408. The third-order valence-electron chi connectivity index (χ3n) is 6.00. The van der Waals surface area contributed by atoms with Crippen LogP contribution in [0.5, 0.6) is 5.75 Å². The van der Waals surface area contributed by atoms with Crippen LogP contribution >= 0.6 is 23.8 Å². The number of carbonyl (C=O) groups is 1. The lowest BCUT2D eigenvalue weighted by molar-refractivity contribution is -0.115. The third-order valence-corrected chi connectivity index (χ3v) is 6.56. The molecule has 2 aliphatic rings. The molecule has 1 aromatic carbocycles. The lowest BCUT2D eigenvalue weighted by atomic mass is 10.0. The van der Waals surface area contributed by atoms with E-state index in [0.29, 0.717) is 74.4 Å². The van der Waals surface area contributed by atoms with Crippen LogP contribution in [0.25, 0.3) is 0 Å². The summed E-state index contributed by atoms with van der Waals surface area (Å²) in [5, 5.41) is 4.00. The summed E-state index contributed by atoms with van der Waals surface area (Å²) in [6.07, 6.45) is 4.53. The number of aromatic nitrogens is 1. The second-order valence-electron chi connectivity index (χ2n) is 8.23. The Kier molecular flexibility index (Phi) is 8.56. The van der Waals surface area contributed by atoms with E-state index in [2.05, 4.69) is 10.3 Å². The molecule has 10 heteroatoms. The highest BCUT2D eigenvalue weighted by Gasteiger charge is 2.31. The number of benzene rings is 1. The normalized spacial score (nSPS) is 18.5. The van der Waals surface area contributed by atoms with Crippen LogP contribution in [0.1, 0.15) is 24.5 Å². The first-order chi connectivity index (χ1) is 17.0. The van der Waals surface area contributed by atoms with Gasteiger partial charge in [-0.1, -0.05) is 36.8 Å². The van der Waals surface area contributed by atoms with Crippen LogP contribution in [0.15, 0.2) is 47.9 Å². The molecular formula is C25H29ClN4O4S. The van der Waals surface area contributed by atoms with E-state index < -0.39 is 0 Å². The summed E-state index contributed by atoms with van der Waals surface area (Å²) in [7, 11) is 0. The molecule has 4 rings (SSSR count). The van der Waals surface area contributed by atoms with Crippen molar-refractivity contribution in [2.24, 2.45) is 5.73 Å². The van der Waals surface area contributed by atoms with Gasteiger partial charge in [-0.05, 0) is 30.2 Å². The molecule has 1 aromatic heterocycles. The van der Waals surface area contributed by atoms with Crippen LogP contribution in [0.4, 0.5) is 5.69 Å². The Labute approximate surface area is 215 Å². The van der Waals surface area contributed by atoms with Gasteiger partial charge in [0.05, 0.1) is 31.6 Å². The highest BCUT2D eigenvalue weighted by Crippen LogP contribution is 2.32. The van der Waals surface area contributed by atoms with Crippen molar-refractivity contribution in [1.29, 1.82) is 0 Å². The van der Waals surface area contributed by atoms with Crippen LogP contribution in [0.3, 0.4) is 0 Å². The van der Waals surface area contributed by atoms with Crippen molar-refractivity contribution >= 4 is 40.4 Å². The number of nitrogens with one attached hydrogen (secondary N) is 1. The summed E-state index contributed by atoms with van der Waals surface area (Å²) >= 11 is 11.7. The zero-order valence-electron chi connectivity index (χ0n) is 19.6. The quantitative estimate of drug-likeness (QED) is 0.490. The van der Waals surface area contributed by atoms with Gasteiger partial charge < -0.3 is 30.2 Å². The molecule has 0 bridgehead atoms. The number of thiocarbonyl (C=S) groups is 1. The number of pyridine rings is 1. The standard InChI is InChI=1S/C25H29ClN4O4S/c1-2-18-19(26)4-3-5-21(18)30-9-7-20(23(24(27)35)25(30)31)29-12-16-6-8-28-13-22(16)34-15-17-14-32-10-11-33-17/h3-6,8,13,17,29H,2,7,9-12,14-15H2,1H3,(H2,27,35)/t17-/m0/s1. The zero-order valence-corrected chi connectivity index (χ0v) is 21.2. The summed E-state index contributed by atoms with van der Waals surface area (Å²) in [5.41, 5.74) is 9.65. The Hall–Kier alpha value is -2.72. The minimum absolute atomic E-state index is 0.0583. The topological polar surface area (TPSA) is 98.9 Å². The monoisotopic (exact) mass is 516 g/mol. The van der Waals surface area contributed by atoms with Crippen molar-refractivity contribution in [2.75, 3.05) is 37.9 Å². The molecule has 35 heavy (non-hydrogen) atoms. The van der Waals surface area contributed by atoms with Crippen molar-refractivity contribution in [3.63, 3.8) is 0 Å². The van der Waals surface area contributed by atoms with Gasteiger partial charge in [-0.2, -0.15) is 0 Å². The number of hydrogen-bond acceptors (Lipinski definition) is 7. The van der Waals surface area contributed by atoms with E-state index >= 15 is 0 Å². The summed E-state index contributed by atoms with van der Waals surface area (Å²) in [6, 6.07) is 7.45. The average molecular weight is 517 g/mol. The van der Waals surface area contributed by atoms with E-state index in [1.54, 1.807) is 17.3 Å². The van der Waals surface area contributed by atoms with Gasteiger partial charge in [0.15, 0.2) is 0 Å². The Balaban J connectivity index is 1.50. The lowest BCUT2D eigenvalue weighted by Gasteiger charge is -2.32. The number of rotatable bonds is 9. The van der Waals surface area contributed by atoms with E-state index in [9.17, 15) is 4.79 Å². The Morgan fingerprint density at radius 3 is 2.97 bits per heavy atom. The number of halogens is 1. The molecule has 0 unspecified atom stereocenters. The molecule has 0 spiro atoms. The second kappa shape index (κ2) is 11.8. The largest absolute Gasteiger partial charge is 0.489 e. The average Bonchev–Trinajstić information content (AvgIpc) is 2.87. The van der Waals surface area contributed by atoms with Crippen molar-refractivity contribution in [2.45, 2.75) is 32.4 Å². The van der Waals surface area contributed by atoms with Gasteiger partial charge >= 0.3 is 0 Å². The highest BCUT2D eigenvalue weighted by atomic mass is 35.5. The van der Waals surface area contributed by atoms with E-state index in [-0.39, 0.29) is 17.0 Å². The fourth-order valence-electron chi connectivity index (χ4n) is 4.23. The van der Waals surface area contributed by atoms with Gasteiger partial charge in [-0.25, -0.2) is 0 Å². The molecule has 1 fully saturated rings. The maximum Gasteiger partial charge on any atom is 0.263 e. The molecule has 3 heterocycles. The van der Waals surface area contributed by atoms with Gasteiger partial charge in [0, 0.05) is 47.7 Å². The first kappa shape index (κ1) is 25.4. The van der Waals surface area contributed by atoms with Crippen LogP contribution in [-0.2, 0) is 27.2 Å². The van der Waals surface area contributed by atoms with Gasteiger partial charge in [0.2, 0.25) is 0 Å². The number of anilines is 1. The molecule has 8 nitrogen and oxygen atoms in total. The minimum atomic E-state index is -0.233. The van der Waals surface area contributed by atoms with Gasteiger partial charge in [-0.3, -0.25) is 9.78 Å². The van der Waals surface area contributed by atoms with Crippen LogP contribution in [0.2, 0.25) is 5.02 Å². The first-order valence-corrected chi connectivity index (χ1v) is 12.4. The fourth-order valence-corrected chi connectivity index (χ4v) is 4.74. The fraction of sp³-hybridized carbons (Fsp3) is 0.400. The molecule has 0 saturated carbocycles. The smallest absolute Gasteiger partial charge is 0.263 e. The SMILES string of the molecule is CCc1c(Cl)cccc1N1CCC(NCc2ccncc2OC[C@@H]2COCCO2)=C(C(N)=S)C1=O. The summed E-state index contributed by atoms with van der Waals surface area (Å²) < 4.78 is 17.0. The molecule has 1 amide bonds. The maximum absolute atomic E-state index is 13.5. The molecule has 0 aliphatic carbocycles. The number of nitrogens with two attached hydrogens (primary N) is 1. The molecular weight excluding hydrogens is 488 g/mol. The van der Waals surface area contributed by atoms with E-state index in [0.717, 1.165) is 16.8 Å². The van der Waals surface area contributed by atoms with Crippen LogP contribution in [-0.4, -0.2) is 55.0 Å². The molecule has 1 atom stereocenters. The van der Waals surface area contributed by atoms with Crippen molar-refractivity contribution in [3.05, 3.63) is 64.1 Å². The molecule has 1 saturated heterocycles. The molecule has 3 N–H and O–H groups in total. The number of amides is 1. The van der Waals surface area contributed by atoms with Crippen molar-refractivity contribution in [1.82, 2.24) is 10.3 Å². The molecule has 2 aromatic rings. The minimum Gasteiger partial charge on any atom is -0.489 e. The van der Waals surface area contributed by atoms with Crippen LogP contribution < -0.4 is 20.7 Å².